The predicted molar refractivity (Wildman–Crippen MR) is 80.5 cm³/mol. The van der Waals surface area contributed by atoms with Gasteiger partial charge in [-0.3, -0.25) is 14.4 Å². The van der Waals surface area contributed by atoms with E-state index in [1.807, 2.05) is 0 Å². The lowest BCUT2D eigenvalue weighted by molar-refractivity contribution is -0.136. The van der Waals surface area contributed by atoms with E-state index in [1.54, 1.807) is 42.5 Å². The second-order valence-corrected chi connectivity index (χ2v) is 5.00. The highest BCUT2D eigenvalue weighted by Crippen LogP contribution is 2.31. The summed E-state index contributed by atoms with van der Waals surface area (Å²) in [6, 6.07) is 11.7. The first-order valence-corrected chi connectivity index (χ1v) is 6.86. The Labute approximate surface area is 126 Å². The van der Waals surface area contributed by atoms with E-state index in [-0.39, 0.29) is 24.5 Å². The average Bonchev–Trinajstić information content (AvgIpc) is 2.52. The van der Waals surface area contributed by atoms with E-state index in [4.69, 9.17) is 5.11 Å². The van der Waals surface area contributed by atoms with Crippen LogP contribution in [0.2, 0.25) is 0 Å². The molecule has 1 aliphatic rings. The van der Waals surface area contributed by atoms with Crippen LogP contribution in [0, 0.1) is 0 Å². The first-order valence-electron chi connectivity index (χ1n) is 6.86. The molecule has 2 aromatic carbocycles. The van der Waals surface area contributed by atoms with Crippen molar-refractivity contribution in [2.45, 2.75) is 6.42 Å². The number of carboxylic acid groups (broad SMARTS) is 1. The number of benzene rings is 2. The van der Waals surface area contributed by atoms with Gasteiger partial charge in [-0.2, -0.15) is 0 Å². The van der Waals surface area contributed by atoms with E-state index in [1.165, 1.54) is 0 Å². The fourth-order valence-corrected chi connectivity index (χ4v) is 2.60. The summed E-state index contributed by atoms with van der Waals surface area (Å²) in [5.41, 5.74) is 1.95. The van der Waals surface area contributed by atoms with Crippen LogP contribution in [0.25, 0.3) is 0 Å². The van der Waals surface area contributed by atoms with Crippen LogP contribution >= 0.6 is 0 Å². The minimum absolute atomic E-state index is 0.0671. The summed E-state index contributed by atoms with van der Waals surface area (Å²) in [4.78, 5) is 35.8. The topological polar surface area (TPSA) is 83.5 Å². The Bertz CT molecular complexity index is 795. The highest BCUT2D eigenvalue weighted by molar-refractivity contribution is 6.30. The van der Waals surface area contributed by atoms with Gasteiger partial charge in [0.2, 0.25) is 0 Å². The minimum Gasteiger partial charge on any atom is -0.481 e. The Hall–Kier alpha value is -2.95. The Morgan fingerprint density at radius 3 is 2.23 bits per heavy atom. The van der Waals surface area contributed by atoms with Gasteiger partial charge < -0.3 is 10.4 Å². The average molecular weight is 295 g/mol. The zero-order chi connectivity index (χ0) is 15.7. The van der Waals surface area contributed by atoms with Gasteiger partial charge in [0.15, 0.2) is 11.6 Å². The largest absolute Gasteiger partial charge is 0.481 e. The van der Waals surface area contributed by atoms with Crippen molar-refractivity contribution < 1.29 is 19.5 Å². The number of anilines is 1. The Kier molecular flexibility index (Phi) is 3.47. The van der Waals surface area contributed by atoms with Crippen LogP contribution in [-0.4, -0.2) is 29.2 Å². The molecule has 2 N–H and O–H groups in total. The van der Waals surface area contributed by atoms with Gasteiger partial charge in [0.1, 0.15) is 0 Å². The quantitative estimate of drug-likeness (QED) is 0.772. The third-order valence-electron chi connectivity index (χ3n) is 3.61. The highest BCUT2D eigenvalue weighted by atomic mass is 16.4. The molecule has 2 aromatic rings. The number of aliphatic carboxylic acids is 1. The maximum atomic E-state index is 12.7. The summed E-state index contributed by atoms with van der Waals surface area (Å²) < 4.78 is 0. The van der Waals surface area contributed by atoms with Gasteiger partial charge in [-0.25, -0.2) is 0 Å². The lowest BCUT2D eigenvalue weighted by Gasteiger charge is -2.20. The first kappa shape index (κ1) is 14.0. The van der Waals surface area contributed by atoms with Crippen LogP contribution in [-0.2, 0) is 4.79 Å². The molecule has 0 bridgehead atoms. The molecule has 0 amide bonds. The number of carbonyl (C=O) groups excluding carboxylic acids is 2. The molecule has 0 aliphatic heterocycles. The van der Waals surface area contributed by atoms with Gasteiger partial charge in [0.25, 0.3) is 0 Å². The van der Waals surface area contributed by atoms with Crippen molar-refractivity contribution in [1.29, 1.82) is 0 Å². The molecule has 0 spiro atoms. The van der Waals surface area contributed by atoms with Gasteiger partial charge in [-0.1, -0.05) is 36.4 Å². The summed E-state index contributed by atoms with van der Waals surface area (Å²) in [5.74, 6) is -1.33. The van der Waals surface area contributed by atoms with E-state index in [0.29, 0.717) is 27.9 Å². The van der Waals surface area contributed by atoms with Gasteiger partial charge in [-0.15, -0.1) is 0 Å². The zero-order valence-corrected chi connectivity index (χ0v) is 11.6. The summed E-state index contributed by atoms with van der Waals surface area (Å²) in [6.07, 6.45) is -0.0671. The number of rotatable bonds is 4. The fourth-order valence-electron chi connectivity index (χ4n) is 2.60. The zero-order valence-electron chi connectivity index (χ0n) is 11.6. The lowest BCUT2D eigenvalue weighted by atomic mass is 9.83. The number of hydrogen-bond donors (Lipinski definition) is 2. The molecule has 0 atom stereocenters. The molecule has 0 heterocycles. The standard InChI is InChI=1S/C17H13NO4/c19-14(20)8-9-18-13-7-3-6-12-15(13)17(22)11-5-2-1-4-10(11)16(12)21/h1-7,18H,8-9H2,(H,19,20). The number of carboxylic acids is 1. The maximum Gasteiger partial charge on any atom is 0.305 e. The second-order valence-electron chi connectivity index (χ2n) is 5.00. The molecule has 0 saturated heterocycles. The van der Waals surface area contributed by atoms with Crippen molar-refractivity contribution >= 4 is 23.2 Å². The highest BCUT2D eigenvalue weighted by Gasteiger charge is 2.31. The summed E-state index contributed by atoms with van der Waals surface area (Å²) in [6.45, 7) is 0.189. The van der Waals surface area contributed by atoms with Crippen LogP contribution < -0.4 is 5.32 Å². The monoisotopic (exact) mass is 295 g/mol. The van der Waals surface area contributed by atoms with Crippen LogP contribution in [0.15, 0.2) is 42.5 Å². The molecule has 0 unspecified atom stereocenters. The first-order chi connectivity index (χ1) is 10.6. The van der Waals surface area contributed by atoms with E-state index in [0.717, 1.165) is 0 Å². The Balaban J connectivity index is 2.03. The van der Waals surface area contributed by atoms with E-state index in [2.05, 4.69) is 5.32 Å². The van der Waals surface area contributed by atoms with E-state index < -0.39 is 5.97 Å². The normalized spacial score (nSPS) is 12.5. The molecule has 0 aromatic heterocycles. The van der Waals surface area contributed by atoms with Gasteiger partial charge >= 0.3 is 5.97 Å². The predicted octanol–water partition coefficient (Wildman–Crippen LogP) is 2.35. The molecular weight excluding hydrogens is 282 g/mol. The van der Waals surface area contributed by atoms with E-state index >= 15 is 0 Å². The van der Waals surface area contributed by atoms with Crippen LogP contribution in [0.5, 0.6) is 0 Å². The molecule has 0 fully saturated rings. The summed E-state index contributed by atoms with van der Waals surface area (Å²) in [7, 11) is 0. The van der Waals surface area contributed by atoms with Crippen LogP contribution in [0.4, 0.5) is 5.69 Å². The van der Waals surface area contributed by atoms with Crippen molar-refractivity contribution in [3.8, 4) is 0 Å². The fraction of sp³-hybridized carbons (Fsp3) is 0.118. The number of carbonyl (C=O) groups is 3. The van der Waals surface area contributed by atoms with Crippen molar-refractivity contribution in [2.75, 3.05) is 11.9 Å². The van der Waals surface area contributed by atoms with Gasteiger partial charge in [0, 0.05) is 28.9 Å². The minimum atomic E-state index is -0.926. The Morgan fingerprint density at radius 1 is 0.909 bits per heavy atom. The summed E-state index contributed by atoms with van der Waals surface area (Å²) in [5, 5.41) is 11.6. The number of hydrogen-bond acceptors (Lipinski definition) is 4. The van der Waals surface area contributed by atoms with Crippen molar-refractivity contribution in [3.05, 3.63) is 64.7 Å². The molecule has 5 heteroatoms. The molecule has 3 rings (SSSR count). The smallest absolute Gasteiger partial charge is 0.305 e. The molecule has 5 nitrogen and oxygen atoms in total. The van der Waals surface area contributed by atoms with Crippen molar-refractivity contribution in [3.63, 3.8) is 0 Å². The third-order valence-corrected chi connectivity index (χ3v) is 3.61. The molecule has 0 radical (unpaired) electrons. The van der Waals surface area contributed by atoms with Crippen LogP contribution in [0.1, 0.15) is 38.3 Å². The maximum absolute atomic E-state index is 12.7. The summed E-state index contributed by atoms with van der Waals surface area (Å²) >= 11 is 0. The lowest BCUT2D eigenvalue weighted by Crippen LogP contribution is -2.22. The van der Waals surface area contributed by atoms with Gasteiger partial charge in [-0.05, 0) is 6.07 Å². The number of nitrogens with one attached hydrogen (secondary N) is 1. The molecule has 0 saturated carbocycles. The molecule has 110 valence electrons. The van der Waals surface area contributed by atoms with Crippen LogP contribution in [0.3, 0.4) is 0 Å². The third kappa shape index (κ3) is 2.26. The second kappa shape index (κ2) is 5.44. The van der Waals surface area contributed by atoms with Crippen molar-refractivity contribution in [2.24, 2.45) is 0 Å². The SMILES string of the molecule is O=C(O)CCNc1cccc2c1C(=O)c1ccccc1C2=O. The van der Waals surface area contributed by atoms with Crippen molar-refractivity contribution in [1.82, 2.24) is 0 Å². The Morgan fingerprint density at radius 2 is 1.55 bits per heavy atom. The molecular formula is C17H13NO4. The molecule has 1 aliphatic carbocycles. The van der Waals surface area contributed by atoms with Gasteiger partial charge in [0.05, 0.1) is 12.0 Å². The molecule has 22 heavy (non-hydrogen) atoms. The number of fused-ring (bicyclic) bond motifs is 2. The van der Waals surface area contributed by atoms with E-state index in [9.17, 15) is 14.4 Å². The number of ketones is 2.